The highest BCUT2D eigenvalue weighted by Gasteiger charge is 2.51. The van der Waals surface area contributed by atoms with E-state index in [0.717, 1.165) is 57.2 Å². The molecular formula is C30H49BN2O5. The molecule has 3 fully saturated rings. The molecule has 38 heavy (non-hydrogen) atoms. The second-order valence-electron chi connectivity index (χ2n) is 13.7. The van der Waals surface area contributed by atoms with Gasteiger partial charge < -0.3 is 29.0 Å². The van der Waals surface area contributed by atoms with E-state index in [4.69, 9.17) is 14.0 Å². The molecule has 3 heterocycles. The van der Waals surface area contributed by atoms with Crippen LogP contribution < -0.4 is 5.46 Å². The molecule has 2 atom stereocenters. The van der Waals surface area contributed by atoms with Gasteiger partial charge >= 0.3 is 13.2 Å². The highest BCUT2D eigenvalue weighted by atomic mass is 16.7. The number of ether oxygens (including phenoxy) is 1. The lowest BCUT2D eigenvalue weighted by Crippen LogP contribution is -2.51. The van der Waals surface area contributed by atoms with Gasteiger partial charge in [0.25, 0.3) is 0 Å². The number of nitrogens with zero attached hydrogens (tertiary/aromatic N) is 2. The van der Waals surface area contributed by atoms with Crippen LogP contribution in [0.25, 0.3) is 0 Å². The number of piperidine rings is 2. The topological polar surface area (TPSA) is 71.5 Å². The summed E-state index contributed by atoms with van der Waals surface area (Å²) in [5.74, 6) is 0.601. The molecule has 212 valence electrons. The van der Waals surface area contributed by atoms with Crippen LogP contribution in [0.2, 0.25) is 0 Å². The third-order valence-electron chi connectivity index (χ3n) is 9.34. The average molecular weight is 529 g/mol. The monoisotopic (exact) mass is 528 g/mol. The largest absolute Gasteiger partial charge is 0.494 e. The van der Waals surface area contributed by atoms with E-state index in [2.05, 4.69) is 77.6 Å². The molecule has 1 aromatic rings. The number of likely N-dealkylation sites (tertiary alicyclic amines) is 2. The Morgan fingerprint density at radius 2 is 1.63 bits per heavy atom. The van der Waals surface area contributed by atoms with Crippen LogP contribution in [-0.4, -0.2) is 77.6 Å². The van der Waals surface area contributed by atoms with E-state index in [9.17, 15) is 9.90 Å². The van der Waals surface area contributed by atoms with Crippen molar-refractivity contribution < 1.29 is 23.9 Å². The van der Waals surface area contributed by atoms with Crippen molar-refractivity contribution in [3.05, 3.63) is 29.8 Å². The summed E-state index contributed by atoms with van der Waals surface area (Å²) in [6.07, 6.45) is 4.77. The molecule has 3 saturated heterocycles. The molecule has 8 heteroatoms. The van der Waals surface area contributed by atoms with Gasteiger partial charge in [-0.15, -0.1) is 0 Å². The minimum absolute atomic E-state index is 0.0288. The minimum atomic E-state index is -0.772. The number of rotatable bonds is 7. The van der Waals surface area contributed by atoms with Gasteiger partial charge in [0, 0.05) is 25.7 Å². The van der Waals surface area contributed by atoms with E-state index in [1.165, 1.54) is 5.56 Å². The molecule has 1 amide bonds. The van der Waals surface area contributed by atoms with Gasteiger partial charge in [0.1, 0.15) is 0 Å². The van der Waals surface area contributed by atoms with E-state index in [-0.39, 0.29) is 29.8 Å². The van der Waals surface area contributed by atoms with Crippen molar-refractivity contribution in [1.82, 2.24) is 9.80 Å². The fraction of sp³-hybridized carbons (Fsp3) is 0.767. The number of amides is 1. The van der Waals surface area contributed by atoms with E-state index in [1.807, 2.05) is 0 Å². The van der Waals surface area contributed by atoms with Gasteiger partial charge in [-0.2, -0.15) is 0 Å². The summed E-state index contributed by atoms with van der Waals surface area (Å²) in [4.78, 5) is 15.9. The van der Waals surface area contributed by atoms with Crippen LogP contribution in [0, 0.1) is 11.3 Å². The van der Waals surface area contributed by atoms with E-state index in [0.29, 0.717) is 25.2 Å². The zero-order chi connectivity index (χ0) is 27.7. The zero-order valence-electron chi connectivity index (χ0n) is 24.7. The first-order chi connectivity index (χ1) is 17.7. The Bertz CT molecular complexity index is 921. The van der Waals surface area contributed by atoms with Crippen LogP contribution in [0.4, 0.5) is 4.79 Å². The quantitative estimate of drug-likeness (QED) is 0.493. The van der Waals surface area contributed by atoms with Gasteiger partial charge in [-0.25, -0.2) is 4.79 Å². The number of hydrogen-bond donors (Lipinski definition) is 1. The van der Waals surface area contributed by atoms with Gasteiger partial charge in [0.2, 0.25) is 0 Å². The Kier molecular flexibility index (Phi) is 8.88. The number of hydrogen-bond acceptors (Lipinski definition) is 5. The number of benzene rings is 1. The first-order valence-electron chi connectivity index (χ1n) is 14.5. The fourth-order valence-electron chi connectivity index (χ4n) is 5.98. The minimum Gasteiger partial charge on any atom is -0.465 e. The van der Waals surface area contributed by atoms with Gasteiger partial charge in [0.05, 0.1) is 23.9 Å². The summed E-state index contributed by atoms with van der Waals surface area (Å²) in [5, 5.41) is 9.62. The van der Waals surface area contributed by atoms with Crippen LogP contribution in [0.1, 0.15) is 86.1 Å². The lowest BCUT2D eigenvalue weighted by molar-refractivity contribution is -0.00513. The van der Waals surface area contributed by atoms with Crippen molar-refractivity contribution in [2.75, 3.05) is 26.2 Å². The Morgan fingerprint density at radius 1 is 1.03 bits per heavy atom. The van der Waals surface area contributed by atoms with E-state index < -0.39 is 6.09 Å². The van der Waals surface area contributed by atoms with Crippen molar-refractivity contribution in [2.24, 2.45) is 11.3 Å². The lowest BCUT2D eigenvalue weighted by atomic mass is 9.76. The Balaban J connectivity index is 1.17. The zero-order valence-corrected chi connectivity index (χ0v) is 24.7. The highest BCUT2D eigenvalue weighted by Crippen LogP contribution is 2.37. The van der Waals surface area contributed by atoms with E-state index in [1.54, 1.807) is 4.90 Å². The molecule has 3 aliphatic heterocycles. The van der Waals surface area contributed by atoms with Gasteiger partial charge in [0.15, 0.2) is 0 Å². The summed E-state index contributed by atoms with van der Waals surface area (Å²) in [6, 6.07) is 8.53. The molecule has 0 radical (unpaired) electrons. The van der Waals surface area contributed by atoms with Crippen molar-refractivity contribution in [3.8, 4) is 0 Å². The fourth-order valence-corrected chi connectivity index (χ4v) is 5.98. The molecule has 3 aliphatic rings. The Morgan fingerprint density at radius 3 is 2.18 bits per heavy atom. The molecule has 0 aliphatic carbocycles. The first-order valence-corrected chi connectivity index (χ1v) is 14.5. The third-order valence-corrected chi connectivity index (χ3v) is 9.34. The summed E-state index contributed by atoms with van der Waals surface area (Å²) in [6.45, 7) is 19.3. The van der Waals surface area contributed by atoms with Gasteiger partial charge in [-0.3, -0.25) is 0 Å². The van der Waals surface area contributed by atoms with Crippen LogP contribution in [-0.2, 0) is 20.7 Å². The standard InChI is InChI=1S/C30H49BN2O5/c1-28(2,3)26-20-22(13-19-33(26)27(34)35)12-16-32-17-14-25(15-18-32)36-21-23-8-10-24(11-9-23)31-37-29(4,5)30(6,7)38-31/h8-11,22,25-26H,12-21H2,1-7H3,(H,34,35). The maximum atomic E-state index is 11.7. The summed E-state index contributed by atoms with van der Waals surface area (Å²) in [5.41, 5.74) is 1.53. The SMILES string of the molecule is CC(C)(C)C1CC(CCN2CCC(OCc3ccc(B4OC(C)(C)C(C)(C)O4)cc3)CC2)CCN1C(=O)O. The van der Waals surface area contributed by atoms with Gasteiger partial charge in [-0.1, -0.05) is 45.0 Å². The molecule has 1 aromatic carbocycles. The first kappa shape index (κ1) is 29.4. The van der Waals surface area contributed by atoms with Crippen LogP contribution in [0.3, 0.4) is 0 Å². The van der Waals surface area contributed by atoms with Crippen molar-refractivity contribution >= 4 is 18.7 Å². The molecular weight excluding hydrogens is 479 g/mol. The van der Waals surface area contributed by atoms with Crippen LogP contribution >= 0.6 is 0 Å². The molecule has 0 spiro atoms. The molecule has 2 unspecified atom stereocenters. The molecule has 0 aromatic heterocycles. The Hall–Kier alpha value is -1.61. The maximum absolute atomic E-state index is 11.7. The lowest BCUT2D eigenvalue weighted by Gasteiger charge is -2.45. The van der Waals surface area contributed by atoms with Crippen molar-refractivity contribution in [3.63, 3.8) is 0 Å². The molecule has 0 saturated carbocycles. The van der Waals surface area contributed by atoms with E-state index >= 15 is 0 Å². The number of carboxylic acid groups (broad SMARTS) is 1. The maximum Gasteiger partial charge on any atom is 0.494 e. The van der Waals surface area contributed by atoms with Crippen LogP contribution in [0.15, 0.2) is 24.3 Å². The predicted octanol–water partition coefficient (Wildman–Crippen LogP) is 5.16. The second kappa shape index (κ2) is 11.5. The summed E-state index contributed by atoms with van der Waals surface area (Å²) in [7, 11) is -0.330. The van der Waals surface area contributed by atoms with Crippen molar-refractivity contribution in [2.45, 2.75) is 111 Å². The van der Waals surface area contributed by atoms with Crippen molar-refractivity contribution in [1.29, 1.82) is 0 Å². The van der Waals surface area contributed by atoms with Crippen LogP contribution in [0.5, 0.6) is 0 Å². The predicted molar refractivity (Wildman–Crippen MR) is 152 cm³/mol. The third kappa shape index (κ3) is 6.93. The second-order valence-corrected chi connectivity index (χ2v) is 13.7. The highest BCUT2D eigenvalue weighted by molar-refractivity contribution is 6.62. The molecule has 4 rings (SSSR count). The van der Waals surface area contributed by atoms with Gasteiger partial charge in [-0.05, 0) is 88.7 Å². The molecule has 0 bridgehead atoms. The Labute approximate surface area is 230 Å². The smallest absolute Gasteiger partial charge is 0.465 e. The average Bonchev–Trinajstić information content (AvgIpc) is 3.08. The normalized spacial score (nSPS) is 26.6. The summed E-state index contributed by atoms with van der Waals surface area (Å²) >= 11 is 0. The molecule has 1 N–H and O–H groups in total. The molecule has 7 nitrogen and oxygen atoms in total. The summed E-state index contributed by atoms with van der Waals surface area (Å²) < 4.78 is 18.6. The number of carbonyl (C=O) groups is 1.